The molecular formula is C20H40O5. The summed E-state index contributed by atoms with van der Waals surface area (Å²) in [6.07, 6.45) is 10.7. The van der Waals surface area contributed by atoms with E-state index < -0.39 is 5.79 Å². The van der Waals surface area contributed by atoms with Crippen LogP contribution in [0.4, 0.5) is 0 Å². The van der Waals surface area contributed by atoms with Crippen LogP contribution in [-0.4, -0.2) is 58.1 Å². The topological polar surface area (TPSA) is 46.2 Å². The molecule has 0 aliphatic carbocycles. The van der Waals surface area contributed by atoms with Crippen molar-refractivity contribution in [2.24, 2.45) is 0 Å². The van der Waals surface area contributed by atoms with Gasteiger partial charge in [-0.2, -0.15) is 0 Å². The van der Waals surface area contributed by atoms with Gasteiger partial charge in [-0.25, -0.2) is 0 Å². The molecule has 1 aliphatic rings. The maximum absolute atomic E-state index is 5.66. The number of hydrogen-bond acceptors (Lipinski definition) is 5. The van der Waals surface area contributed by atoms with Crippen molar-refractivity contribution >= 4 is 0 Å². The summed E-state index contributed by atoms with van der Waals surface area (Å²) < 4.78 is 27.8. The van der Waals surface area contributed by atoms with Gasteiger partial charge in [-0.15, -0.1) is 0 Å². The lowest BCUT2D eigenvalue weighted by Crippen LogP contribution is -2.24. The van der Waals surface area contributed by atoms with Crippen LogP contribution in [0.5, 0.6) is 0 Å². The smallest absolute Gasteiger partial charge is 0.163 e. The van der Waals surface area contributed by atoms with Gasteiger partial charge in [0.1, 0.15) is 6.10 Å². The van der Waals surface area contributed by atoms with Crippen LogP contribution in [0, 0.1) is 0 Å². The lowest BCUT2D eigenvalue weighted by Gasteiger charge is -2.17. The zero-order chi connectivity index (χ0) is 18.2. The SMILES string of the molecule is CCCCCCCCCCOCCOCCOC[C@H]1COC(C)(C)O1. The molecule has 1 aliphatic heterocycles. The average molecular weight is 361 g/mol. The average Bonchev–Trinajstić information content (AvgIpc) is 2.93. The highest BCUT2D eigenvalue weighted by molar-refractivity contribution is 4.70. The highest BCUT2D eigenvalue weighted by Crippen LogP contribution is 2.22. The Labute approximate surface area is 154 Å². The molecule has 1 fully saturated rings. The van der Waals surface area contributed by atoms with E-state index in [1.165, 1.54) is 44.9 Å². The normalized spacial score (nSPS) is 19.6. The maximum Gasteiger partial charge on any atom is 0.163 e. The van der Waals surface area contributed by atoms with Crippen LogP contribution in [0.1, 0.15) is 72.1 Å². The second-order valence-electron chi connectivity index (χ2n) is 7.23. The summed E-state index contributed by atoms with van der Waals surface area (Å²) in [4.78, 5) is 0. The lowest BCUT2D eigenvalue weighted by atomic mass is 10.1. The highest BCUT2D eigenvalue weighted by atomic mass is 16.7. The summed E-state index contributed by atoms with van der Waals surface area (Å²) in [5, 5.41) is 0. The van der Waals surface area contributed by atoms with Crippen LogP contribution in [0.2, 0.25) is 0 Å². The van der Waals surface area contributed by atoms with Gasteiger partial charge in [-0.05, 0) is 20.3 Å². The van der Waals surface area contributed by atoms with E-state index in [-0.39, 0.29) is 6.10 Å². The molecular weight excluding hydrogens is 320 g/mol. The summed E-state index contributed by atoms with van der Waals surface area (Å²) in [6.45, 7) is 10.6. The first kappa shape index (κ1) is 22.8. The van der Waals surface area contributed by atoms with E-state index in [2.05, 4.69) is 6.92 Å². The van der Waals surface area contributed by atoms with Crippen LogP contribution in [0.15, 0.2) is 0 Å². The van der Waals surface area contributed by atoms with E-state index in [4.69, 9.17) is 23.7 Å². The van der Waals surface area contributed by atoms with Gasteiger partial charge in [0.05, 0.1) is 39.6 Å². The summed E-state index contributed by atoms with van der Waals surface area (Å²) in [6, 6.07) is 0. The summed E-state index contributed by atoms with van der Waals surface area (Å²) in [5.74, 6) is -0.475. The van der Waals surface area contributed by atoms with E-state index in [0.717, 1.165) is 13.0 Å². The molecule has 0 unspecified atom stereocenters. The molecule has 1 atom stereocenters. The molecule has 0 radical (unpaired) electrons. The molecule has 0 bridgehead atoms. The quantitative estimate of drug-likeness (QED) is 0.361. The largest absolute Gasteiger partial charge is 0.379 e. The Kier molecular flexibility index (Phi) is 13.6. The van der Waals surface area contributed by atoms with Gasteiger partial charge >= 0.3 is 0 Å². The molecule has 1 rings (SSSR count). The van der Waals surface area contributed by atoms with Crippen molar-refractivity contribution in [3.8, 4) is 0 Å². The molecule has 0 N–H and O–H groups in total. The van der Waals surface area contributed by atoms with Crippen LogP contribution in [0.25, 0.3) is 0 Å². The maximum atomic E-state index is 5.66. The molecule has 1 heterocycles. The van der Waals surface area contributed by atoms with E-state index >= 15 is 0 Å². The first-order valence-electron chi connectivity index (χ1n) is 10.2. The molecule has 0 aromatic heterocycles. The fourth-order valence-electron chi connectivity index (χ4n) is 2.84. The van der Waals surface area contributed by atoms with Gasteiger partial charge < -0.3 is 23.7 Å². The lowest BCUT2D eigenvalue weighted by molar-refractivity contribution is -0.145. The van der Waals surface area contributed by atoms with E-state index in [0.29, 0.717) is 39.6 Å². The molecule has 150 valence electrons. The number of ether oxygens (including phenoxy) is 5. The van der Waals surface area contributed by atoms with Crippen molar-refractivity contribution in [2.45, 2.75) is 84.0 Å². The zero-order valence-corrected chi connectivity index (χ0v) is 16.7. The summed E-state index contributed by atoms with van der Waals surface area (Å²) in [7, 11) is 0. The van der Waals surface area contributed by atoms with Crippen molar-refractivity contribution in [2.75, 3.05) is 46.2 Å². The fourth-order valence-corrected chi connectivity index (χ4v) is 2.84. The number of hydrogen-bond donors (Lipinski definition) is 0. The molecule has 5 heteroatoms. The summed E-state index contributed by atoms with van der Waals surface area (Å²) in [5.41, 5.74) is 0. The van der Waals surface area contributed by atoms with Crippen molar-refractivity contribution in [3.05, 3.63) is 0 Å². The molecule has 0 amide bonds. The minimum atomic E-state index is -0.475. The second-order valence-corrected chi connectivity index (χ2v) is 7.23. The molecule has 1 saturated heterocycles. The molecule has 0 aromatic rings. The van der Waals surface area contributed by atoms with E-state index in [1.807, 2.05) is 13.8 Å². The third-order valence-corrected chi connectivity index (χ3v) is 4.26. The van der Waals surface area contributed by atoms with Gasteiger partial charge in [0.15, 0.2) is 5.79 Å². The Bertz CT molecular complexity index is 296. The predicted molar refractivity (Wildman–Crippen MR) is 100.0 cm³/mol. The Hall–Kier alpha value is -0.200. The van der Waals surface area contributed by atoms with Gasteiger partial charge in [-0.3, -0.25) is 0 Å². The molecule has 0 spiro atoms. The Morgan fingerprint density at radius 1 is 0.760 bits per heavy atom. The number of unbranched alkanes of at least 4 members (excludes halogenated alkanes) is 7. The monoisotopic (exact) mass is 360 g/mol. The minimum Gasteiger partial charge on any atom is -0.379 e. The van der Waals surface area contributed by atoms with Crippen molar-refractivity contribution in [3.63, 3.8) is 0 Å². The van der Waals surface area contributed by atoms with Gasteiger partial charge in [0.2, 0.25) is 0 Å². The molecule has 0 saturated carbocycles. The molecule has 0 aromatic carbocycles. The summed E-state index contributed by atoms with van der Waals surface area (Å²) >= 11 is 0. The number of rotatable bonds is 17. The van der Waals surface area contributed by atoms with Crippen LogP contribution < -0.4 is 0 Å². The van der Waals surface area contributed by atoms with Gasteiger partial charge in [0.25, 0.3) is 0 Å². The van der Waals surface area contributed by atoms with Crippen LogP contribution in [-0.2, 0) is 23.7 Å². The van der Waals surface area contributed by atoms with E-state index in [1.54, 1.807) is 0 Å². The third kappa shape index (κ3) is 13.6. The van der Waals surface area contributed by atoms with Gasteiger partial charge in [-0.1, -0.05) is 51.9 Å². The third-order valence-electron chi connectivity index (χ3n) is 4.26. The van der Waals surface area contributed by atoms with Crippen molar-refractivity contribution in [1.82, 2.24) is 0 Å². The predicted octanol–water partition coefficient (Wildman–Crippen LogP) is 4.33. The van der Waals surface area contributed by atoms with Crippen molar-refractivity contribution in [1.29, 1.82) is 0 Å². The molecule has 5 nitrogen and oxygen atoms in total. The highest BCUT2D eigenvalue weighted by Gasteiger charge is 2.32. The van der Waals surface area contributed by atoms with Crippen LogP contribution in [0.3, 0.4) is 0 Å². The first-order chi connectivity index (χ1) is 12.1. The standard InChI is InChI=1S/C20H40O5/c1-4-5-6-7-8-9-10-11-12-21-13-14-22-15-16-23-17-19-18-24-20(2,3)25-19/h19H,4-18H2,1-3H3/t19-/m0/s1. The Balaban J connectivity index is 1.70. The Morgan fingerprint density at radius 2 is 1.32 bits per heavy atom. The zero-order valence-electron chi connectivity index (χ0n) is 16.7. The first-order valence-corrected chi connectivity index (χ1v) is 10.2. The Morgan fingerprint density at radius 3 is 1.92 bits per heavy atom. The second kappa shape index (κ2) is 14.9. The molecule has 25 heavy (non-hydrogen) atoms. The minimum absolute atomic E-state index is 0.0324. The van der Waals surface area contributed by atoms with Crippen LogP contribution >= 0.6 is 0 Å². The van der Waals surface area contributed by atoms with Crippen molar-refractivity contribution < 1.29 is 23.7 Å². The van der Waals surface area contributed by atoms with Gasteiger partial charge in [0, 0.05) is 6.61 Å². The van der Waals surface area contributed by atoms with E-state index in [9.17, 15) is 0 Å². The fraction of sp³-hybridized carbons (Fsp3) is 1.00.